The van der Waals surface area contributed by atoms with Gasteiger partial charge in [0.2, 0.25) is 5.91 Å². The van der Waals surface area contributed by atoms with E-state index in [2.05, 4.69) is 10.2 Å². The van der Waals surface area contributed by atoms with E-state index < -0.39 is 0 Å². The van der Waals surface area contributed by atoms with Crippen LogP contribution < -0.4 is 0 Å². The Kier molecular flexibility index (Phi) is 4.78. The Labute approximate surface area is 141 Å². The number of Topliss-reactive ketones (excluding diaryl/α,β-unsaturated/α-hetero) is 1. The molecule has 0 aromatic carbocycles. The lowest BCUT2D eigenvalue weighted by Gasteiger charge is -2.31. The summed E-state index contributed by atoms with van der Waals surface area (Å²) in [5.41, 5.74) is 1.71. The topological polar surface area (TPSA) is 73.0 Å². The minimum Gasteiger partial charge on any atom is -0.343 e. The summed E-state index contributed by atoms with van der Waals surface area (Å²) in [5, 5.41) is 8.25. The lowest BCUT2D eigenvalue weighted by atomic mass is 9.91. The van der Waals surface area contributed by atoms with Crippen molar-refractivity contribution in [1.29, 1.82) is 0 Å². The van der Waals surface area contributed by atoms with Crippen molar-refractivity contribution in [2.75, 3.05) is 13.1 Å². The summed E-state index contributed by atoms with van der Waals surface area (Å²) >= 11 is 0. The van der Waals surface area contributed by atoms with Crippen molar-refractivity contribution in [3.8, 4) is 0 Å². The van der Waals surface area contributed by atoms with Crippen molar-refractivity contribution in [1.82, 2.24) is 24.5 Å². The zero-order valence-electron chi connectivity index (χ0n) is 14.2. The molecule has 7 heteroatoms. The molecule has 0 radical (unpaired) electrons. The molecule has 0 atom stereocenters. The van der Waals surface area contributed by atoms with Crippen molar-refractivity contribution < 1.29 is 9.59 Å². The standard InChI is InChI=1S/C17H23N5O2/c1-13-3-8-19-22(13)12-7-16(23)21-10-5-14(6-11-21)17(24)15-4-9-18-20(15)2/h3-4,8-9,14H,5-7,10-12H2,1-2H3. The van der Waals surface area contributed by atoms with Crippen LogP contribution in [0, 0.1) is 12.8 Å². The number of hydrogen-bond donors (Lipinski definition) is 0. The Balaban J connectivity index is 1.49. The van der Waals surface area contributed by atoms with Gasteiger partial charge in [-0.15, -0.1) is 0 Å². The fourth-order valence-electron chi connectivity index (χ4n) is 3.21. The number of rotatable bonds is 5. The van der Waals surface area contributed by atoms with Crippen LogP contribution in [0.15, 0.2) is 24.5 Å². The van der Waals surface area contributed by atoms with Crippen LogP contribution in [0.25, 0.3) is 0 Å². The third-order valence-electron chi connectivity index (χ3n) is 4.76. The maximum atomic E-state index is 12.5. The highest BCUT2D eigenvalue weighted by molar-refractivity contribution is 5.96. The molecular weight excluding hydrogens is 306 g/mol. The Morgan fingerprint density at radius 2 is 1.88 bits per heavy atom. The predicted molar refractivity (Wildman–Crippen MR) is 88.4 cm³/mol. The first kappa shape index (κ1) is 16.4. The molecule has 1 fully saturated rings. The first-order chi connectivity index (χ1) is 11.6. The number of carbonyl (C=O) groups is 2. The maximum absolute atomic E-state index is 12.5. The second-order valence-corrected chi connectivity index (χ2v) is 6.31. The summed E-state index contributed by atoms with van der Waals surface area (Å²) in [7, 11) is 1.78. The monoisotopic (exact) mass is 329 g/mol. The Morgan fingerprint density at radius 3 is 2.46 bits per heavy atom. The Morgan fingerprint density at radius 1 is 1.17 bits per heavy atom. The van der Waals surface area contributed by atoms with Gasteiger partial charge in [0.1, 0.15) is 5.69 Å². The minimum atomic E-state index is -0.0159. The molecule has 1 saturated heterocycles. The molecule has 0 spiro atoms. The van der Waals surface area contributed by atoms with Gasteiger partial charge in [-0.3, -0.25) is 19.0 Å². The van der Waals surface area contributed by atoms with Crippen molar-refractivity contribution in [2.24, 2.45) is 13.0 Å². The van der Waals surface area contributed by atoms with Crippen LogP contribution in [0.5, 0.6) is 0 Å². The molecule has 1 amide bonds. The fraction of sp³-hybridized carbons (Fsp3) is 0.529. The van der Waals surface area contributed by atoms with Crippen LogP contribution in [0.1, 0.15) is 35.4 Å². The van der Waals surface area contributed by atoms with Crippen LogP contribution in [-0.2, 0) is 18.4 Å². The highest BCUT2D eigenvalue weighted by Gasteiger charge is 2.29. The average Bonchev–Trinajstić information content (AvgIpc) is 3.20. The lowest BCUT2D eigenvalue weighted by molar-refractivity contribution is -0.132. The van der Waals surface area contributed by atoms with E-state index in [1.54, 1.807) is 30.2 Å². The third-order valence-corrected chi connectivity index (χ3v) is 4.76. The molecule has 2 aromatic heterocycles. The van der Waals surface area contributed by atoms with Crippen molar-refractivity contribution >= 4 is 11.7 Å². The van der Waals surface area contributed by atoms with Crippen LogP contribution in [0.3, 0.4) is 0 Å². The first-order valence-electron chi connectivity index (χ1n) is 8.34. The zero-order valence-corrected chi connectivity index (χ0v) is 14.2. The number of aryl methyl sites for hydroxylation is 3. The molecule has 3 heterocycles. The highest BCUT2D eigenvalue weighted by Crippen LogP contribution is 2.22. The molecule has 3 rings (SSSR count). The quantitative estimate of drug-likeness (QED) is 0.778. The summed E-state index contributed by atoms with van der Waals surface area (Å²) in [6, 6.07) is 3.69. The molecule has 0 aliphatic carbocycles. The summed E-state index contributed by atoms with van der Waals surface area (Å²) in [6.07, 6.45) is 5.27. The van der Waals surface area contributed by atoms with E-state index in [9.17, 15) is 9.59 Å². The number of likely N-dealkylation sites (tertiary alicyclic amines) is 1. The second-order valence-electron chi connectivity index (χ2n) is 6.31. The summed E-state index contributed by atoms with van der Waals surface area (Å²) in [4.78, 5) is 26.7. The fourth-order valence-corrected chi connectivity index (χ4v) is 3.21. The van der Waals surface area contributed by atoms with E-state index >= 15 is 0 Å². The van der Waals surface area contributed by atoms with E-state index in [1.807, 2.05) is 22.6 Å². The van der Waals surface area contributed by atoms with Gasteiger partial charge in [0.25, 0.3) is 0 Å². The van der Waals surface area contributed by atoms with Crippen molar-refractivity contribution in [2.45, 2.75) is 32.7 Å². The molecule has 2 aromatic rings. The summed E-state index contributed by atoms with van der Waals surface area (Å²) in [6.45, 7) is 3.87. The predicted octanol–water partition coefficient (Wildman–Crippen LogP) is 1.44. The molecule has 0 unspecified atom stereocenters. The second kappa shape index (κ2) is 6.98. The first-order valence-corrected chi connectivity index (χ1v) is 8.34. The normalized spacial score (nSPS) is 15.7. The highest BCUT2D eigenvalue weighted by atomic mass is 16.2. The third kappa shape index (κ3) is 3.39. The largest absolute Gasteiger partial charge is 0.343 e. The van der Waals surface area contributed by atoms with Gasteiger partial charge in [-0.2, -0.15) is 10.2 Å². The summed E-state index contributed by atoms with van der Waals surface area (Å²) < 4.78 is 3.46. The van der Waals surface area contributed by atoms with E-state index in [0.717, 1.165) is 18.5 Å². The van der Waals surface area contributed by atoms with Gasteiger partial charge in [0.05, 0.1) is 0 Å². The number of nitrogens with zero attached hydrogens (tertiary/aromatic N) is 5. The van der Waals surface area contributed by atoms with Crippen molar-refractivity contribution in [3.05, 3.63) is 35.9 Å². The maximum Gasteiger partial charge on any atom is 0.224 e. The molecule has 1 aliphatic rings. The molecular formula is C17H23N5O2. The van der Waals surface area contributed by atoms with Crippen LogP contribution in [-0.4, -0.2) is 49.2 Å². The van der Waals surface area contributed by atoms with E-state index in [0.29, 0.717) is 31.7 Å². The molecule has 0 N–H and O–H groups in total. The SMILES string of the molecule is Cc1ccnn1CCC(=O)N1CCC(C(=O)c2ccnn2C)CC1. The Bertz CT molecular complexity index is 725. The molecule has 0 bridgehead atoms. The van der Waals surface area contributed by atoms with Gasteiger partial charge in [-0.1, -0.05) is 0 Å². The molecule has 7 nitrogen and oxygen atoms in total. The lowest BCUT2D eigenvalue weighted by Crippen LogP contribution is -2.40. The van der Waals surface area contributed by atoms with E-state index in [1.165, 1.54) is 0 Å². The van der Waals surface area contributed by atoms with Crippen molar-refractivity contribution in [3.63, 3.8) is 0 Å². The van der Waals surface area contributed by atoms with Gasteiger partial charge < -0.3 is 4.90 Å². The van der Waals surface area contributed by atoms with Gasteiger partial charge in [0, 0.05) is 57.1 Å². The summed E-state index contributed by atoms with van der Waals surface area (Å²) in [5.74, 6) is 0.253. The number of hydrogen-bond acceptors (Lipinski definition) is 4. The van der Waals surface area contributed by atoms with Gasteiger partial charge >= 0.3 is 0 Å². The molecule has 24 heavy (non-hydrogen) atoms. The van der Waals surface area contributed by atoms with Gasteiger partial charge in [0.15, 0.2) is 5.78 Å². The Hall–Kier alpha value is -2.44. The number of aromatic nitrogens is 4. The van der Waals surface area contributed by atoms with Crippen LogP contribution in [0.4, 0.5) is 0 Å². The van der Waals surface area contributed by atoms with E-state index in [-0.39, 0.29) is 17.6 Å². The zero-order chi connectivity index (χ0) is 17.1. The van der Waals surface area contributed by atoms with Crippen LogP contribution >= 0.6 is 0 Å². The number of carbonyl (C=O) groups excluding carboxylic acids is 2. The van der Waals surface area contributed by atoms with Gasteiger partial charge in [-0.05, 0) is 31.9 Å². The number of ketones is 1. The average molecular weight is 329 g/mol. The molecule has 1 aliphatic heterocycles. The smallest absolute Gasteiger partial charge is 0.224 e. The molecule has 128 valence electrons. The van der Waals surface area contributed by atoms with Gasteiger partial charge in [-0.25, -0.2) is 0 Å². The molecule has 0 saturated carbocycles. The van der Waals surface area contributed by atoms with Crippen LogP contribution in [0.2, 0.25) is 0 Å². The van der Waals surface area contributed by atoms with E-state index in [4.69, 9.17) is 0 Å². The minimum absolute atomic E-state index is 0.0159. The number of piperidine rings is 1. The number of amides is 1.